The lowest BCUT2D eigenvalue weighted by Gasteiger charge is -2.30. The topological polar surface area (TPSA) is 9.23 Å². The van der Waals surface area contributed by atoms with Crippen LogP contribution >= 0.6 is 0 Å². The molecule has 2 atom stereocenters. The molecule has 0 spiro atoms. The molecule has 0 N–H and O–H groups in total. The summed E-state index contributed by atoms with van der Waals surface area (Å²) < 4.78 is 6.22. The molecule has 256 valence electrons. The Hall–Kier alpha value is -4.10. The number of ether oxygens (including phenoxy) is 1. The van der Waals surface area contributed by atoms with Crippen LogP contribution in [0, 0.1) is 62.3 Å². The van der Waals surface area contributed by atoms with Crippen LogP contribution in [0.4, 0.5) is 0 Å². The van der Waals surface area contributed by atoms with Gasteiger partial charge in [0, 0.05) is 5.41 Å². The number of benzene rings is 5. The van der Waals surface area contributed by atoms with Gasteiger partial charge in [0.05, 0.1) is 0 Å². The zero-order valence-corrected chi connectivity index (χ0v) is 32.3. The minimum absolute atomic E-state index is 0.120. The quantitative estimate of drug-likeness (QED) is 0.185. The lowest BCUT2D eigenvalue weighted by Crippen LogP contribution is -2.24. The smallest absolute Gasteiger partial charge is 0.124 e. The molecule has 0 radical (unpaired) electrons. The molecule has 49 heavy (non-hydrogen) atoms. The van der Waals surface area contributed by atoms with Gasteiger partial charge in [0.1, 0.15) is 11.9 Å². The van der Waals surface area contributed by atoms with E-state index in [1.54, 1.807) is 0 Å². The van der Waals surface area contributed by atoms with Crippen molar-refractivity contribution in [3.05, 3.63) is 169 Å². The summed E-state index contributed by atoms with van der Waals surface area (Å²) in [6.07, 6.45) is 3.56. The zero-order chi connectivity index (χ0) is 35.7. The first-order chi connectivity index (χ1) is 23.1. The fraction of sp³-hybridized carbons (Fsp3) is 0.375. The standard InChI is InChI=1S/C22H28.C18H20O.C8H10/c1-14-8-9-18(17(4)10-14)22(7)13-21(5,6)19-11-15(2)16(3)12-20(19)22;1-12-5-8-16(14(3)10-12)17-9-7-15-6-4-13(2)11-18(15)19-17;1-7-3-5-8(2)6-4-7/h8-12H,13H2,1-7H3;4-6,8,10-11,17H,7,9H2,1-3H3;3-6H,1-2H3. The van der Waals surface area contributed by atoms with Gasteiger partial charge in [-0.25, -0.2) is 0 Å². The molecule has 5 aromatic rings. The number of hydrogen-bond acceptors (Lipinski definition) is 1. The van der Waals surface area contributed by atoms with Crippen LogP contribution in [0.15, 0.2) is 91.0 Å². The van der Waals surface area contributed by atoms with Gasteiger partial charge in [-0.15, -0.1) is 0 Å². The third kappa shape index (κ3) is 8.04. The van der Waals surface area contributed by atoms with Crippen molar-refractivity contribution in [3.8, 4) is 5.75 Å². The fourth-order valence-corrected chi connectivity index (χ4v) is 8.10. The molecular formula is C48H58O. The van der Waals surface area contributed by atoms with Crippen LogP contribution in [0.2, 0.25) is 0 Å². The van der Waals surface area contributed by atoms with Crippen LogP contribution in [-0.2, 0) is 17.3 Å². The Labute approximate surface area is 297 Å². The van der Waals surface area contributed by atoms with Crippen molar-refractivity contribution < 1.29 is 4.74 Å². The van der Waals surface area contributed by atoms with E-state index in [1.165, 1.54) is 84.3 Å². The number of hydrogen-bond donors (Lipinski definition) is 0. The van der Waals surface area contributed by atoms with Crippen LogP contribution in [0.25, 0.3) is 0 Å². The third-order valence-corrected chi connectivity index (χ3v) is 10.9. The maximum Gasteiger partial charge on any atom is 0.124 e. The summed E-state index contributed by atoms with van der Waals surface area (Å²) in [4.78, 5) is 0. The number of aryl methyl sites for hydroxylation is 10. The minimum atomic E-state index is 0.120. The lowest BCUT2D eigenvalue weighted by atomic mass is 9.73. The molecule has 5 aromatic carbocycles. The highest BCUT2D eigenvalue weighted by Gasteiger charge is 2.46. The summed E-state index contributed by atoms with van der Waals surface area (Å²) in [6.45, 7) is 26.8. The summed E-state index contributed by atoms with van der Waals surface area (Å²) >= 11 is 0. The molecule has 2 unspecified atom stereocenters. The van der Waals surface area contributed by atoms with E-state index in [1.807, 2.05) is 0 Å². The van der Waals surface area contributed by atoms with Gasteiger partial charge in [-0.3, -0.25) is 0 Å². The van der Waals surface area contributed by atoms with Crippen molar-refractivity contribution in [1.29, 1.82) is 0 Å². The van der Waals surface area contributed by atoms with Gasteiger partial charge in [-0.1, -0.05) is 128 Å². The van der Waals surface area contributed by atoms with Crippen LogP contribution in [0.5, 0.6) is 5.75 Å². The summed E-state index contributed by atoms with van der Waals surface area (Å²) in [5.41, 5.74) is 19.8. The monoisotopic (exact) mass is 650 g/mol. The molecule has 1 aliphatic heterocycles. The van der Waals surface area contributed by atoms with E-state index in [0.717, 1.165) is 18.6 Å². The first kappa shape index (κ1) is 36.2. The van der Waals surface area contributed by atoms with Crippen LogP contribution in [0.3, 0.4) is 0 Å². The summed E-state index contributed by atoms with van der Waals surface area (Å²) in [5, 5.41) is 0. The van der Waals surface area contributed by atoms with Crippen molar-refractivity contribution >= 4 is 0 Å². The van der Waals surface area contributed by atoms with Crippen LogP contribution in [-0.4, -0.2) is 0 Å². The maximum absolute atomic E-state index is 6.22. The molecule has 7 rings (SSSR count). The highest BCUT2D eigenvalue weighted by Crippen LogP contribution is 2.54. The lowest BCUT2D eigenvalue weighted by molar-refractivity contribution is 0.176. The normalized spacial score (nSPS) is 18.6. The minimum Gasteiger partial charge on any atom is -0.485 e. The first-order valence-electron chi connectivity index (χ1n) is 18.1. The third-order valence-electron chi connectivity index (χ3n) is 10.9. The molecule has 1 aliphatic carbocycles. The van der Waals surface area contributed by atoms with E-state index < -0.39 is 0 Å². The van der Waals surface area contributed by atoms with Crippen molar-refractivity contribution in [2.45, 2.75) is 119 Å². The van der Waals surface area contributed by atoms with Crippen molar-refractivity contribution in [2.24, 2.45) is 0 Å². The molecule has 0 saturated carbocycles. The molecule has 1 heteroatoms. The van der Waals surface area contributed by atoms with Gasteiger partial charge in [0.2, 0.25) is 0 Å². The van der Waals surface area contributed by atoms with E-state index in [4.69, 9.17) is 4.74 Å². The molecule has 0 aromatic heterocycles. The van der Waals surface area contributed by atoms with Crippen molar-refractivity contribution in [2.75, 3.05) is 0 Å². The van der Waals surface area contributed by atoms with Crippen molar-refractivity contribution in [3.63, 3.8) is 0 Å². The Morgan fingerprint density at radius 1 is 0.490 bits per heavy atom. The average Bonchev–Trinajstić information content (AvgIpc) is 3.23. The van der Waals surface area contributed by atoms with Gasteiger partial charge in [-0.05, 0) is 149 Å². The highest BCUT2D eigenvalue weighted by atomic mass is 16.5. The molecule has 0 fully saturated rings. The Morgan fingerprint density at radius 2 is 1.00 bits per heavy atom. The first-order valence-corrected chi connectivity index (χ1v) is 18.1. The Morgan fingerprint density at radius 3 is 1.59 bits per heavy atom. The fourth-order valence-electron chi connectivity index (χ4n) is 8.10. The number of fused-ring (bicyclic) bond motifs is 2. The maximum atomic E-state index is 6.22. The Balaban J connectivity index is 0.000000158. The zero-order valence-electron chi connectivity index (χ0n) is 32.3. The van der Waals surface area contributed by atoms with Crippen molar-refractivity contribution in [1.82, 2.24) is 0 Å². The van der Waals surface area contributed by atoms with E-state index in [9.17, 15) is 0 Å². The summed E-state index contributed by atoms with van der Waals surface area (Å²) in [7, 11) is 0. The van der Waals surface area contributed by atoms with Gasteiger partial charge in [0.25, 0.3) is 0 Å². The van der Waals surface area contributed by atoms with E-state index in [2.05, 4.69) is 174 Å². The summed E-state index contributed by atoms with van der Waals surface area (Å²) in [5.74, 6) is 1.07. The van der Waals surface area contributed by atoms with Crippen LogP contribution < -0.4 is 4.74 Å². The SMILES string of the molecule is Cc1ccc(C)cc1.Cc1ccc(C2(C)CC(C)(C)c3cc(C)c(C)cc32)c(C)c1.Cc1ccc(C2CCc3ccc(C)cc3O2)c(C)c1. The summed E-state index contributed by atoms with van der Waals surface area (Å²) in [6, 6.07) is 33.5. The Kier molecular flexibility index (Phi) is 10.6. The molecular weight excluding hydrogens is 593 g/mol. The predicted molar refractivity (Wildman–Crippen MR) is 211 cm³/mol. The molecule has 0 saturated heterocycles. The van der Waals surface area contributed by atoms with E-state index in [0.29, 0.717) is 0 Å². The molecule has 2 aliphatic rings. The van der Waals surface area contributed by atoms with E-state index >= 15 is 0 Å². The largest absolute Gasteiger partial charge is 0.485 e. The van der Waals surface area contributed by atoms with Crippen LogP contribution in [0.1, 0.15) is 118 Å². The molecule has 1 heterocycles. The molecule has 0 amide bonds. The van der Waals surface area contributed by atoms with E-state index in [-0.39, 0.29) is 16.9 Å². The highest BCUT2D eigenvalue weighted by molar-refractivity contribution is 5.56. The average molecular weight is 651 g/mol. The second kappa shape index (κ2) is 14.4. The molecule has 1 nitrogen and oxygen atoms in total. The Bertz CT molecular complexity index is 1920. The predicted octanol–water partition coefficient (Wildman–Crippen LogP) is 12.9. The number of rotatable bonds is 2. The van der Waals surface area contributed by atoms with Gasteiger partial charge in [0.15, 0.2) is 0 Å². The second-order valence-corrected chi connectivity index (χ2v) is 16.0. The van der Waals surface area contributed by atoms with Gasteiger partial charge in [-0.2, -0.15) is 0 Å². The molecule has 0 bridgehead atoms. The second-order valence-electron chi connectivity index (χ2n) is 16.0. The van der Waals surface area contributed by atoms with Gasteiger partial charge >= 0.3 is 0 Å². The van der Waals surface area contributed by atoms with Gasteiger partial charge < -0.3 is 4.74 Å².